The number of benzene rings is 4. The average Bonchev–Trinajstić information content (AvgIpc) is 3.03. The Morgan fingerprint density at radius 1 is 0.622 bits per heavy atom. The molecule has 2 heterocycles. The zero-order valence-electron chi connectivity index (χ0n) is 24.9. The van der Waals surface area contributed by atoms with Crippen LogP contribution in [0.3, 0.4) is 0 Å². The lowest BCUT2D eigenvalue weighted by molar-refractivity contribution is -0.121. The number of nitrogens with one attached hydrogen (secondary N) is 1. The number of carbonyl (C=O) groups is 1. The summed E-state index contributed by atoms with van der Waals surface area (Å²) in [5.41, 5.74) is 6.07. The van der Waals surface area contributed by atoms with Gasteiger partial charge in [-0.3, -0.25) is 14.6 Å². The van der Waals surface area contributed by atoms with Crippen LogP contribution in [0, 0.1) is 0 Å². The standard InChI is InChI=1S/C35H37N3O7/c39-29-6-1-25(15-31(29)41)17-37-19-27-13-23(3-8-33(27)44-21-37)5-10-35(43)36-12-11-24-4-9-34-28(14-24)20-38(22-45-34)18-26-2-7-30(40)32(42)16-26/h1-4,6-9,13-16,39-42H,5,10-12,17-22H2,(H,36,43). The van der Waals surface area contributed by atoms with Crippen molar-refractivity contribution in [3.05, 3.63) is 106 Å². The van der Waals surface area contributed by atoms with Crippen molar-refractivity contribution in [1.29, 1.82) is 0 Å². The van der Waals surface area contributed by atoms with Gasteiger partial charge in [-0.05, 0) is 71.5 Å². The van der Waals surface area contributed by atoms with E-state index in [0.717, 1.165) is 44.9 Å². The highest BCUT2D eigenvalue weighted by Gasteiger charge is 2.20. The normalized spacial score (nSPS) is 14.6. The van der Waals surface area contributed by atoms with Gasteiger partial charge in [-0.25, -0.2) is 0 Å². The van der Waals surface area contributed by atoms with Crippen LogP contribution in [0.4, 0.5) is 0 Å². The van der Waals surface area contributed by atoms with Gasteiger partial charge >= 0.3 is 0 Å². The third-order valence-corrected chi connectivity index (χ3v) is 8.11. The van der Waals surface area contributed by atoms with Gasteiger partial charge in [0.15, 0.2) is 23.0 Å². The summed E-state index contributed by atoms with van der Waals surface area (Å²) in [6.07, 6.45) is 1.71. The smallest absolute Gasteiger partial charge is 0.220 e. The molecule has 2 aliphatic rings. The topological polar surface area (TPSA) is 135 Å². The second-order valence-corrected chi connectivity index (χ2v) is 11.7. The summed E-state index contributed by atoms with van der Waals surface area (Å²) in [4.78, 5) is 16.9. The summed E-state index contributed by atoms with van der Waals surface area (Å²) in [7, 11) is 0. The Morgan fingerprint density at radius 2 is 1.11 bits per heavy atom. The Hall–Kier alpha value is -4.93. The number of phenolic OH excluding ortho intramolecular Hbond substituents is 4. The first kappa shape index (κ1) is 30.1. The molecule has 0 bridgehead atoms. The monoisotopic (exact) mass is 611 g/mol. The van der Waals surface area contributed by atoms with Crippen LogP contribution in [-0.4, -0.2) is 56.1 Å². The first-order valence-electron chi connectivity index (χ1n) is 15.0. The Kier molecular flexibility index (Phi) is 8.95. The number of rotatable bonds is 10. The number of aryl methyl sites for hydroxylation is 1. The molecule has 6 rings (SSSR count). The Bertz CT molecular complexity index is 1690. The highest BCUT2D eigenvalue weighted by molar-refractivity contribution is 5.76. The quantitative estimate of drug-likeness (QED) is 0.164. The Morgan fingerprint density at radius 3 is 1.62 bits per heavy atom. The molecule has 5 N–H and O–H groups in total. The summed E-state index contributed by atoms with van der Waals surface area (Å²) in [6, 6.07) is 21.8. The molecule has 0 fully saturated rings. The SMILES string of the molecule is O=C(CCc1ccc2c(c1)CN(Cc1ccc(O)c(O)c1)CO2)NCCc1ccc2c(c1)CN(Cc1ccc(O)c(O)c1)CO2. The van der Waals surface area contributed by atoms with Crippen molar-refractivity contribution in [1.82, 2.24) is 15.1 Å². The largest absolute Gasteiger partial charge is 0.504 e. The van der Waals surface area contributed by atoms with E-state index in [1.54, 1.807) is 24.3 Å². The molecule has 0 aromatic heterocycles. The molecular weight excluding hydrogens is 574 g/mol. The summed E-state index contributed by atoms with van der Waals surface area (Å²) < 4.78 is 11.8. The fraction of sp³-hybridized carbons (Fsp3) is 0.286. The first-order chi connectivity index (χ1) is 21.8. The van der Waals surface area contributed by atoms with E-state index >= 15 is 0 Å². The predicted molar refractivity (Wildman–Crippen MR) is 167 cm³/mol. The van der Waals surface area contributed by atoms with Crippen molar-refractivity contribution in [3.63, 3.8) is 0 Å². The second-order valence-electron chi connectivity index (χ2n) is 11.7. The fourth-order valence-electron chi connectivity index (χ4n) is 5.75. The molecule has 0 radical (unpaired) electrons. The van der Waals surface area contributed by atoms with Gasteiger partial charge in [0.1, 0.15) is 25.0 Å². The van der Waals surface area contributed by atoms with Gasteiger partial charge in [0.05, 0.1) is 0 Å². The number of ether oxygens (including phenoxy) is 2. The number of fused-ring (bicyclic) bond motifs is 2. The van der Waals surface area contributed by atoms with Gasteiger partial charge in [0.25, 0.3) is 0 Å². The minimum absolute atomic E-state index is 0.00218. The van der Waals surface area contributed by atoms with Crippen molar-refractivity contribution in [3.8, 4) is 34.5 Å². The molecule has 0 aliphatic carbocycles. The molecule has 10 heteroatoms. The number of hydrogen-bond acceptors (Lipinski definition) is 9. The molecule has 0 saturated carbocycles. The van der Waals surface area contributed by atoms with Crippen molar-refractivity contribution in [2.24, 2.45) is 0 Å². The molecular formula is C35H37N3O7. The van der Waals surface area contributed by atoms with Crippen molar-refractivity contribution in [2.45, 2.75) is 45.4 Å². The van der Waals surface area contributed by atoms with E-state index in [9.17, 15) is 25.2 Å². The summed E-state index contributed by atoms with van der Waals surface area (Å²) in [5.74, 6) is 1.15. The maximum absolute atomic E-state index is 12.7. The molecule has 1 amide bonds. The third-order valence-electron chi connectivity index (χ3n) is 8.11. The zero-order valence-corrected chi connectivity index (χ0v) is 24.9. The van der Waals surface area contributed by atoms with Crippen LogP contribution in [0.2, 0.25) is 0 Å². The summed E-state index contributed by atoms with van der Waals surface area (Å²) in [6.45, 7) is 3.92. The minimum Gasteiger partial charge on any atom is -0.504 e. The van der Waals surface area contributed by atoms with Crippen LogP contribution in [-0.2, 0) is 43.8 Å². The van der Waals surface area contributed by atoms with E-state index in [2.05, 4.69) is 27.2 Å². The highest BCUT2D eigenvalue weighted by Crippen LogP contribution is 2.31. The molecule has 45 heavy (non-hydrogen) atoms. The van der Waals surface area contributed by atoms with Crippen molar-refractivity contribution in [2.75, 3.05) is 20.0 Å². The van der Waals surface area contributed by atoms with Gasteiger partial charge in [-0.2, -0.15) is 0 Å². The van der Waals surface area contributed by atoms with Gasteiger partial charge < -0.3 is 35.2 Å². The van der Waals surface area contributed by atoms with Crippen LogP contribution in [0.5, 0.6) is 34.5 Å². The van der Waals surface area contributed by atoms with E-state index in [1.165, 1.54) is 12.1 Å². The van der Waals surface area contributed by atoms with Crippen LogP contribution in [0.25, 0.3) is 0 Å². The Labute approximate surface area is 261 Å². The maximum Gasteiger partial charge on any atom is 0.220 e. The molecule has 0 saturated heterocycles. The minimum atomic E-state index is -0.139. The number of hydrogen-bond donors (Lipinski definition) is 5. The summed E-state index contributed by atoms with van der Waals surface area (Å²) >= 11 is 0. The van der Waals surface area contributed by atoms with Gasteiger partial charge in [-0.1, -0.05) is 36.4 Å². The van der Waals surface area contributed by atoms with Crippen molar-refractivity contribution < 1.29 is 34.7 Å². The zero-order chi connectivity index (χ0) is 31.3. The van der Waals surface area contributed by atoms with E-state index in [-0.39, 0.29) is 28.9 Å². The lowest BCUT2D eigenvalue weighted by Gasteiger charge is -2.29. The predicted octanol–water partition coefficient (Wildman–Crippen LogP) is 4.50. The number of nitrogens with zero attached hydrogens (tertiary/aromatic N) is 2. The lowest BCUT2D eigenvalue weighted by atomic mass is 10.0. The number of carbonyl (C=O) groups excluding carboxylic acids is 1. The molecule has 0 spiro atoms. The van der Waals surface area contributed by atoms with Gasteiger partial charge in [0, 0.05) is 50.3 Å². The lowest BCUT2D eigenvalue weighted by Crippen LogP contribution is -2.31. The van der Waals surface area contributed by atoms with Crippen molar-refractivity contribution >= 4 is 5.91 Å². The maximum atomic E-state index is 12.7. The fourth-order valence-corrected chi connectivity index (χ4v) is 5.75. The molecule has 10 nitrogen and oxygen atoms in total. The highest BCUT2D eigenvalue weighted by atomic mass is 16.5. The molecule has 4 aromatic rings. The van der Waals surface area contributed by atoms with E-state index in [1.807, 2.05) is 24.3 Å². The molecule has 2 aliphatic heterocycles. The van der Waals surface area contributed by atoms with E-state index < -0.39 is 0 Å². The number of phenols is 4. The van der Waals surface area contributed by atoms with Crippen LogP contribution in [0.15, 0.2) is 72.8 Å². The number of amides is 1. The first-order valence-corrected chi connectivity index (χ1v) is 15.0. The van der Waals surface area contributed by atoms with E-state index in [4.69, 9.17) is 9.47 Å². The molecule has 234 valence electrons. The van der Waals surface area contributed by atoms with Crippen LogP contribution >= 0.6 is 0 Å². The average molecular weight is 612 g/mol. The number of aromatic hydroxyl groups is 4. The molecule has 0 unspecified atom stereocenters. The van der Waals surface area contributed by atoms with Crippen LogP contribution < -0.4 is 14.8 Å². The van der Waals surface area contributed by atoms with Gasteiger partial charge in [-0.15, -0.1) is 0 Å². The Balaban J connectivity index is 0.955. The van der Waals surface area contributed by atoms with E-state index in [0.29, 0.717) is 65.4 Å². The third kappa shape index (κ3) is 7.60. The van der Waals surface area contributed by atoms with Crippen LogP contribution in [0.1, 0.15) is 39.8 Å². The second kappa shape index (κ2) is 13.4. The molecule has 4 aromatic carbocycles. The van der Waals surface area contributed by atoms with Gasteiger partial charge in [0.2, 0.25) is 5.91 Å². The molecule has 0 atom stereocenters. The summed E-state index contributed by atoms with van der Waals surface area (Å²) in [5, 5.41) is 41.8.